The maximum Gasteiger partial charge on any atom is 0.310 e. The van der Waals surface area contributed by atoms with Crippen molar-refractivity contribution in [2.75, 3.05) is 6.61 Å². The fraction of sp³-hybridized carbons (Fsp3) is 0.385. The smallest absolute Gasteiger partial charge is 0.310 e. The van der Waals surface area contributed by atoms with Crippen LogP contribution < -0.4 is 0 Å². The number of rotatable bonds is 4. The minimum absolute atomic E-state index is 0.0876. The Labute approximate surface area is 106 Å². The molecule has 0 aromatic heterocycles. The predicted molar refractivity (Wildman–Crippen MR) is 65.9 cm³/mol. The molecule has 0 heterocycles. The van der Waals surface area contributed by atoms with Gasteiger partial charge in [0.25, 0.3) is 0 Å². The normalized spacial score (nSPS) is 9.76. The van der Waals surface area contributed by atoms with Crippen molar-refractivity contribution in [2.45, 2.75) is 26.7 Å². The second kappa shape index (κ2) is 6.27. The Kier molecular flexibility index (Phi) is 4.99. The molecule has 0 amide bonds. The summed E-state index contributed by atoms with van der Waals surface area (Å²) in [4.78, 5) is 11.4. The van der Waals surface area contributed by atoms with Crippen LogP contribution in [0.4, 0.5) is 0 Å². The molecule has 0 saturated carbocycles. The van der Waals surface area contributed by atoms with E-state index in [1.807, 2.05) is 6.92 Å². The van der Waals surface area contributed by atoms with Crippen molar-refractivity contribution in [1.82, 2.24) is 0 Å². The zero-order chi connectivity index (χ0) is 12.8. The molecule has 0 saturated heterocycles. The van der Waals surface area contributed by atoms with Gasteiger partial charge in [-0.05, 0) is 36.6 Å². The van der Waals surface area contributed by atoms with E-state index in [2.05, 4.69) is 6.07 Å². The van der Waals surface area contributed by atoms with E-state index in [-0.39, 0.29) is 12.4 Å². The highest BCUT2D eigenvalue weighted by Gasteiger charge is 2.13. The van der Waals surface area contributed by atoms with Gasteiger partial charge in [0.05, 0.1) is 24.7 Å². The van der Waals surface area contributed by atoms with Crippen LogP contribution in [-0.2, 0) is 22.4 Å². The first-order valence-corrected chi connectivity index (χ1v) is 5.87. The molecule has 17 heavy (non-hydrogen) atoms. The van der Waals surface area contributed by atoms with Gasteiger partial charge < -0.3 is 4.74 Å². The second-order valence-electron chi connectivity index (χ2n) is 3.55. The SMILES string of the molecule is CCOC(=O)Cc1cc(Cl)cc(CC)c1C#N. The predicted octanol–water partition coefficient (Wildman–Crippen LogP) is 2.88. The molecule has 1 rings (SSSR count). The van der Waals surface area contributed by atoms with Crippen molar-refractivity contribution in [3.63, 3.8) is 0 Å². The molecule has 4 heteroatoms. The highest BCUT2D eigenvalue weighted by Crippen LogP contribution is 2.22. The van der Waals surface area contributed by atoms with Crippen LogP contribution in [0.5, 0.6) is 0 Å². The maximum absolute atomic E-state index is 11.4. The summed E-state index contributed by atoms with van der Waals surface area (Å²) in [5, 5.41) is 9.66. The summed E-state index contributed by atoms with van der Waals surface area (Å²) in [6, 6.07) is 5.53. The van der Waals surface area contributed by atoms with E-state index >= 15 is 0 Å². The number of aryl methyl sites for hydroxylation is 1. The van der Waals surface area contributed by atoms with Gasteiger partial charge in [0.15, 0.2) is 0 Å². The van der Waals surface area contributed by atoms with E-state index in [1.165, 1.54) is 0 Å². The topological polar surface area (TPSA) is 50.1 Å². The number of carbonyl (C=O) groups is 1. The molecule has 1 aromatic rings. The number of ether oxygens (including phenoxy) is 1. The average molecular weight is 252 g/mol. The lowest BCUT2D eigenvalue weighted by Crippen LogP contribution is -2.09. The number of esters is 1. The van der Waals surface area contributed by atoms with Crippen molar-refractivity contribution < 1.29 is 9.53 Å². The van der Waals surface area contributed by atoms with Crippen molar-refractivity contribution in [1.29, 1.82) is 5.26 Å². The van der Waals surface area contributed by atoms with Gasteiger partial charge in [-0.2, -0.15) is 5.26 Å². The molecule has 1 aromatic carbocycles. The summed E-state index contributed by atoms with van der Waals surface area (Å²) in [7, 11) is 0. The Morgan fingerprint density at radius 1 is 1.41 bits per heavy atom. The number of nitrogens with zero attached hydrogens (tertiary/aromatic N) is 1. The van der Waals surface area contributed by atoms with E-state index in [4.69, 9.17) is 21.6 Å². The zero-order valence-corrected chi connectivity index (χ0v) is 10.7. The first-order valence-electron chi connectivity index (χ1n) is 5.49. The summed E-state index contributed by atoms with van der Waals surface area (Å²) in [5.41, 5.74) is 2.03. The lowest BCUT2D eigenvalue weighted by Gasteiger charge is -2.08. The molecule has 90 valence electrons. The average Bonchev–Trinajstić information content (AvgIpc) is 2.28. The van der Waals surface area contributed by atoms with Gasteiger partial charge in [-0.3, -0.25) is 4.79 Å². The number of nitriles is 1. The summed E-state index contributed by atoms with van der Waals surface area (Å²) in [5.74, 6) is -0.340. The van der Waals surface area contributed by atoms with Gasteiger partial charge >= 0.3 is 5.97 Å². The van der Waals surface area contributed by atoms with Gasteiger partial charge in [-0.15, -0.1) is 0 Å². The van der Waals surface area contributed by atoms with Crippen molar-refractivity contribution in [3.05, 3.63) is 33.8 Å². The summed E-state index contributed by atoms with van der Waals surface area (Å²) >= 11 is 5.96. The molecule has 0 N–H and O–H groups in total. The molecular formula is C13H14ClNO2. The molecule has 0 radical (unpaired) electrons. The van der Waals surface area contributed by atoms with Gasteiger partial charge in [0.1, 0.15) is 0 Å². The van der Waals surface area contributed by atoms with E-state index in [9.17, 15) is 4.79 Å². The van der Waals surface area contributed by atoms with E-state index in [1.54, 1.807) is 19.1 Å². The number of hydrogen-bond acceptors (Lipinski definition) is 3. The molecule has 0 atom stereocenters. The monoisotopic (exact) mass is 251 g/mol. The van der Waals surface area contributed by atoms with Crippen molar-refractivity contribution in [3.8, 4) is 6.07 Å². The van der Waals surface area contributed by atoms with Crippen molar-refractivity contribution in [2.24, 2.45) is 0 Å². The first-order chi connectivity index (χ1) is 8.12. The molecule has 0 spiro atoms. The van der Waals surface area contributed by atoms with Gasteiger partial charge in [0.2, 0.25) is 0 Å². The second-order valence-corrected chi connectivity index (χ2v) is 3.98. The first kappa shape index (κ1) is 13.5. The molecule has 0 bridgehead atoms. The number of halogens is 1. The van der Waals surface area contributed by atoms with E-state index in [0.29, 0.717) is 29.2 Å². The molecule has 0 aliphatic rings. The Morgan fingerprint density at radius 2 is 2.06 bits per heavy atom. The summed E-state index contributed by atoms with van der Waals surface area (Å²) in [6.07, 6.45) is 0.795. The number of carbonyl (C=O) groups excluding carboxylic acids is 1. The third-order valence-corrected chi connectivity index (χ3v) is 2.62. The van der Waals surface area contributed by atoms with E-state index < -0.39 is 0 Å². The van der Waals surface area contributed by atoms with Gasteiger partial charge in [0, 0.05) is 5.02 Å². The molecule has 0 aliphatic heterocycles. The van der Waals surface area contributed by atoms with Crippen molar-refractivity contribution >= 4 is 17.6 Å². The molecule has 0 unspecified atom stereocenters. The zero-order valence-electron chi connectivity index (χ0n) is 9.92. The number of hydrogen-bond donors (Lipinski definition) is 0. The van der Waals surface area contributed by atoms with Crippen LogP contribution in [0.3, 0.4) is 0 Å². The summed E-state index contributed by atoms with van der Waals surface area (Å²) in [6.45, 7) is 4.03. The van der Waals surface area contributed by atoms with Gasteiger partial charge in [-0.25, -0.2) is 0 Å². The lowest BCUT2D eigenvalue weighted by molar-refractivity contribution is -0.142. The quantitative estimate of drug-likeness (QED) is 0.773. The Balaban J connectivity index is 3.10. The third kappa shape index (κ3) is 3.47. The van der Waals surface area contributed by atoms with Crippen LogP contribution in [0.2, 0.25) is 5.02 Å². The minimum atomic E-state index is -0.340. The summed E-state index contributed by atoms with van der Waals surface area (Å²) < 4.78 is 4.87. The van der Waals surface area contributed by atoms with Crippen LogP contribution in [-0.4, -0.2) is 12.6 Å². The largest absolute Gasteiger partial charge is 0.466 e. The Bertz CT molecular complexity index is 463. The van der Waals surface area contributed by atoms with Crippen LogP contribution in [0, 0.1) is 11.3 Å². The Morgan fingerprint density at radius 3 is 2.59 bits per heavy atom. The fourth-order valence-corrected chi connectivity index (χ4v) is 1.92. The maximum atomic E-state index is 11.4. The lowest BCUT2D eigenvalue weighted by atomic mass is 9.98. The molecular weight excluding hydrogens is 238 g/mol. The highest BCUT2D eigenvalue weighted by molar-refractivity contribution is 6.30. The Hall–Kier alpha value is -1.53. The van der Waals surface area contributed by atoms with Crippen LogP contribution >= 0.6 is 11.6 Å². The molecule has 0 fully saturated rings. The van der Waals surface area contributed by atoms with Gasteiger partial charge in [-0.1, -0.05) is 18.5 Å². The molecule has 0 aliphatic carbocycles. The fourth-order valence-electron chi connectivity index (χ4n) is 1.65. The van der Waals surface area contributed by atoms with Crippen LogP contribution in [0.25, 0.3) is 0 Å². The van der Waals surface area contributed by atoms with E-state index in [0.717, 1.165) is 5.56 Å². The number of benzene rings is 1. The standard InChI is InChI=1S/C13H14ClNO2/c1-3-9-5-11(14)6-10(12(9)8-15)7-13(16)17-4-2/h5-6H,3-4,7H2,1-2H3. The van der Waals surface area contributed by atoms with Crippen LogP contribution in [0.1, 0.15) is 30.5 Å². The molecule has 3 nitrogen and oxygen atoms in total. The highest BCUT2D eigenvalue weighted by atomic mass is 35.5. The third-order valence-electron chi connectivity index (χ3n) is 2.40. The minimum Gasteiger partial charge on any atom is -0.466 e. The van der Waals surface area contributed by atoms with Crippen LogP contribution in [0.15, 0.2) is 12.1 Å².